The fraction of sp³-hybridized carbons (Fsp3) is 0.250. The van der Waals surface area contributed by atoms with Crippen LogP contribution in [0.25, 0.3) is 0 Å². The number of hydrogen-bond acceptors (Lipinski definition) is 6. The zero-order valence-electron chi connectivity index (χ0n) is 8.98. The molecule has 7 nitrogen and oxygen atoms in total. The number of halogens is 1. The molecule has 1 rings (SSSR count). The Morgan fingerprint density at radius 3 is 2.82 bits per heavy atom. The number of aromatic nitrogens is 2. The minimum Gasteiger partial charge on any atom is -0.491 e. The van der Waals surface area contributed by atoms with E-state index >= 15 is 0 Å². The summed E-state index contributed by atoms with van der Waals surface area (Å²) in [5.41, 5.74) is 0. The summed E-state index contributed by atoms with van der Waals surface area (Å²) in [7, 11) is 2.66. The number of carbonyl (C=O) groups is 1. The molecule has 0 spiro atoms. The van der Waals surface area contributed by atoms with Crippen LogP contribution in [0.5, 0.6) is 5.75 Å². The molecular weight excluding hydrogens is 268 g/mol. The van der Waals surface area contributed by atoms with Crippen molar-refractivity contribution in [2.75, 3.05) is 19.5 Å². The van der Waals surface area contributed by atoms with Gasteiger partial charge in [-0.05, 0) is 23.8 Å². The van der Waals surface area contributed by atoms with Crippen LogP contribution in [0.1, 0.15) is 0 Å². The van der Waals surface area contributed by atoms with Crippen LogP contribution in [0.15, 0.2) is 6.20 Å². The molecular formula is C8H9ClN4O3S. The number of hydrogen-bond donors (Lipinski definition) is 2. The van der Waals surface area contributed by atoms with E-state index in [9.17, 15) is 4.79 Å². The van der Waals surface area contributed by atoms with Crippen molar-refractivity contribution in [1.82, 2.24) is 15.3 Å². The van der Waals surface area contributed by atoms with Gasteiger partial charge in [-0.15, -0.1) is 0 Å². The Bertz CT molecular complexity index is 443. The number of nitrogens with zero attached hydrogens (tertiary/aromatic N) is 2. The number of amides is 1. The normalized spacial score (nSPS) is 9.35. The van der Waals surface area contributed by atoms with Crippen LogP contribution in [-0.2, 0) is 4.74 Å². The molecule has 1 aromatic heterocycles. The molecule has 0 aliphatic heterocycles. The van der Waals surface area contributed by atoms with E-state index < -0.39 is 6.09 Å². The highest BCUT2D eigenvalue weighted by molar-refractivity contribution is 7.80. The average molecular weight is 277 g/mol. The highest BCUT2D eigenvalue weighted by Gasteiger charge is 2.10. The quantitative estimate of drug-likeness (QED) is 0.620. The Kier molecular flexibility index (Phi) is 4.85. The zero-order chi connectivity index (χ0) is 12.8. The summed E-state index contributed by atoms with van der Waals surface area (Å²) >= 11 is 10.5. The van der Waals surface area contributed by atoms with Crippen LogP contribution >= 0.6 is 23.8 Å². The van der Waals surface area contributed by atoms with Crippen molar-refractivity contribution < 1.29 is 14.3 Å². The number of rotatable bonds is 2. The summed E-state index contributed by atoms with van der Waals surface area (Å²) < 4.78 is 9.35. The van der Waals surface area contributed by atoms with E-state index in [0.717, 1.165) is 0 Å². The molecule has 0 radical (unpaired) electrons. The van der Waals surface area contributed by atoms with Gasteiger partial charge in [-0.25, -0.2) is 9.78 Å². The molecule has 9 heteroatoms. The molecule has 2 N–H and O–H groups in total. The lowest BCUT2D eigenvalue weighted by atomic mass is 10.5. The van der Waals surface area contributed by atoms with Gasteiger partial charge in [0.2, 0.25) is 5.28 Å². The van der Waals surface area contributed by atoms with Crippen molar-refractivity contribution in [2.24, 2.45) is 0 Å². The minimum absolute atomic E-state index is 0.00455. The summed E-state index contributed by atoms with van der Waals surface area (Å²) in [6.07, 6.45) is 0.680. The second-order valence-corrected chi connectivity index (χ2v) is 3.37. The standard InChI is InChI=1S/C8H9ClN4O3S/c1-15-4-3-10-6(9)11-5(4)12-7(17)13-8(14)16-2/h3H,1-2H3,(H2,10,11,12,13,14,17). The van der Waals surface area contributed by atoms with Gasteiger partial charge in [0.1, 0.15) is 0 Å². The lowest BCUT2D eigenvalue weighted by Crippen LogP contribution is -2.34. The molecule has 1 heterocycles. The van der Waals surface area contributed by atoms with Gasteiger partial charge in [0, 0.05) is 0 Å². The fourth-order valence-electron chi connectivity index (χ4n) is 0.871. The van der Waals surface area contributed by atoms with E-state index in [1.807, 2.05) is 0 Å². The van der Waals surface area contributed by atoms with Crippen molar-refractivity contribution in [2.45, 2.75) is 0 Å². The third-order valence-corrected chi connectivity index (χ3v) is 1.96. The van der Waals surface area contributed by atoms with Crippen molar-refractivity contribution >= 4 is 40.8 Å². The van der Waals surface area contributed by atoms with Crippen molar-refractivity contribution in [1.29, 1.82) is 0 Å². The van der Waals surface area contributed by atoms with E-state index in [0.29, 0.717) is 5.75 Å². The second-order valence-electron chi connectivity index (χ2n) is 2.63. The molecule has 92 valence electrons. The van der Waals surface area contributed by atoms with Crippen LogP contribution in [-0.4, -0.2) is 35.4 Å². The van der Waals surface area contributed by atoms with Gasteiger partial charge in [0.05, 0.1) is 20.4 Å². The molecule has 0 unspecified atom stereocenters. The van der Waals surface area contributed by atoms with E-state index in [4.69, 9.17) is 28.6 Å². The van der Waals surface area contributed by atoms with Crippen molar-refractivity contribution in [3.63, 3.8) is 0 Å². The summed E-state index contributed by atoms with van der Waals surface area (Å²) in [5.74, 6) is 0.581. The van der Waals surface area contributed by atoms with Gasteiger partial charge in [0.25, 0.3) is 0 Å². The van der Waals surface area contributed by atoms with Gasteiger partial charge in [-0.3, -0.25) is 5.32 Å². The van der Waals surface area contributed by atoms with Crippen LogP contribution in [0.3, 0.4) is 0 Å². The molecule has 0 saturated carbocycles. The van der Waals surface area contributed by atoms with Gasteiger partial charge >= 0.3 is 6.09 Å². The lowest BCUT2D eigenvalue weighted by Gasteiger charge is -2.10. The van der Waals surface area contributed by atoms with Crippen LogP contribution < -0.4 is 15.4 Å². The molecule has 0 aromatic carbocycles. The van der Waals surface area contributed by atoms with E-state index in [-0.39, 0.29) is 16.2 Å². The van der Waals surface area contributed by atoms with Gasteiger partial charge in [-0.1, -0.05) is 0 Å². The number of anilines is 1. The molecule has 1 aromatic rings. The van der Waals surface area contributed by atoms with Crippen LogP contribution in [0, 0.1) is 0 Å². The first-order valence-electron chi connectivity index (χ1n) is 4.29. The maximum atomic E-state index is 10.9. The minimum atomic E-state index is -0.693. The fourth-order valence-corrected chi connectivity index (χ4v) is 1.18. The number of methoxy groups -OCH3 is 2. The molecule has 17 heavy (non-hydrogen) atoms. The molecule has 0 aliphatic carbocycles. The Labute approximate surface area is 107 Å². The largest absolute Gasteiger partial charge is 0.491 e. The molecule has 0 aliphatic rings. The first kappa shape index (κ1) is 13.4. The topological polar surface area (TPSA) is 85.4 Å². The summed E-state index contributed by atoms with van der Waals surface area (Å²) in [6.45, 7) is 0. The first-order chi connectivity index (χ1) is 8.06. The highest BCUT2D eigenvalue weighted by atomic mass is 35.5. The Morgan fingerprint density at radius 1 is 1.53 bits per heavy atom. The predicted octanol–water partition coefficient (Wildman–Crippen LogP) is 1.19. The van der Waals surface area contributed by atoms with Gasteiger partial charge in [-0.2, -0.15) is 4.98 Å². The van der Waals surface area contributed by atoms with Gasteiger partial charge < -0.3 is 14.8 Å². The van der Waals surface area contributed by atoms with Crippen LogP contribution in [0.2, 0.25) is 5.28 Å². The van der Waals surface area contributed by atoms with Crippen LogP contribution in [0.4, 0.5) is 10.6 Å². The third kappa shape index (κ3) is 4.00. The first-order valence-corrected chi connectivity index (χ1v) is 5.08. The number of carbonyl (C=O) groups excluding carboxylic acids is 1. The van der Waals surface area contributed by atoms with E-state index in [1.54, 1.807) is 0 Å². The molecule has 1 amide bonds. The molecule has 0 saturated heterocycles. The highest BCUT2D eigenvalue weighted by Crippen LogP contribution is 2.21. The molecule has 0 bridgehead atoms. The lowest BCUT2D eigenvalue weighted by molar-refractivity contribution is 0.177. The average Bonchev–Trinajstić information content (AvgIpc) is 2.29. The predicted molar refractivity (Wildman–Crippen MR) is 65.4 cm³/mol. The summed E-state index contributed by atoms with van der Waals surface area (Å²) in [6, 6.07) is 0. The maximum Gasteiger partial charge on any atom is 0.413 e. The number of ether oxygens (including phenoxy) is 2. The van der Waals surface area contributed by atoms with Crippen molar-refractivity contribution in [3.8, 4) is 5.75 Å². The number of alkyl carbamates (subject to hydrolysis) is 1. The Hall–Kier alpha value is -1.67. The number of thiocarbonyl (C=S) groups is 1. The van der Waals surface area contributed by atoms with Crippen molar-refractivity contribution in [3.05, 3.63) is 11.5 Å². The summed E-state index contributed by atoms with van der Waals surface area (Å²) in [4.78, 5) is 18.5. The van der Waals surface area contributed by atoms with E-state index in [2.05, 4.69) is 25.3 Å². The smallest absolute Gasteiger partial charge is 0.413 e. The zero-order valence-corrected chi connectivity index (χ0v) is 10.6. The third-order valence-electron chi connectivity index (χ3n) is 1.58. The number of nitrogens with one attached hydrogen (secondary N) is 2. The molecule has 0 atom stereocenters. The monoisotopic (exact) mass is 276 g/mol. The molecule has 0 fully saturated rings. The maximum absolute atomic E-state index is 10.9. The Morgan fingerprint density at radius 2 is 2.24 bits per heavy atom. The van der Waals surface area contributed by atoms with Gasteiger partial charge in [0.15, 0.2) is 16.7 Å². The van der Waals surface area contributed by atoms with E-state index in [1.165, 1.54) is 20.4 Å². The SMILES string of the molecule is COC(=O)NC(=S)Nc1nc(Cl)ncc1OC. The Balaban J connectivity index is 2.76. The second kappa shape index (κ2) is 6.16. The summed E-state index contributed by atoms with van der Waals surface area (Å²) in [5, 5.41) is 4.90.